The number of hydrogen-bond donors (Lipinski definition) is 0. The maximum absolute atomic E-state index is 3.36. The molecule has 2 radical (unpaired) electrons. The molecule has 0 aliphatic carbocycles. The Bertz CT molecular complexity index is 24.6. The van der Waals surface area contributed by atoms with E-state index in [2.05, 4.69) is 13.2 Å². The zero-order valence-corrected chi connectivity index (χ0v) is 2.98. The molecule has 0 atom stereocenters. The zero-order valence-electron chi connectivity index (χ0n) is 2.98. The quantitative estimate of drug-likeness (QED) is 0.415. The topological polar surface area (TPSA) is 28.5 Å². The molecule has 5 heavy (non-hydrogen) atoms. The normalized spacial score (nSPS) is 4.00. The van der Waals surface area contributed by atoms with Crippen LogP contribution in [0.3, 0.4) is 0 Å². The van der Waals surface area contributed by atoms with Crippen LogP contribution >= 0.6 is 0 Å². The van der Waals surface area contributed by atoms with Crippen molar-refractivity contribution < 1.29 is 5.48 Å². The van der Waals surface area contributed by atoms with Crippen LogP contribution in [-0.4, -0.2) is 0 Å². The minimum atomic E-state index is 0. The smallest absolute Gasteiger partial charge is 0 e. The summed E-state index contributed by atoms with van der Waals surface area (Å²) in [5.74, 6) is 0. The molecule has 0 aromatic rings. The van der Waals surface area contributed by atoms with Crippen LogP contribution in [0, 0.1) is 0 Å². The van der Waals surface area contributed by atoms with Crippen LogP contribution in [0.1, 0.15) is 0 Å². The van der Waals surface area contributed by atoms with Crippen LogP contribution in [0.25, 0.3) is 0 Å². The summed E-state index contributed by atoms with van der Waals surface area (Å²) in [4.78, 5) is 0. The summed E-state index contributed by atoms with van der Waals surface area (Å²) in [5.41, 5.74) is 0. The number of rotatable bonds is 1. The predicted molar refractivity (Wildman–Crippen MR) is 21.1 cm³/mol. The van der Waals surface area contributed by atoms with Crippen LogP contribution in [0.2, 0.25) is 0 Å². The second-order valence-corrected chi connectivity index (χ2v) is 0.471. The lowest BCUT2D eigenvalue weighted by Gasteiger charge is -1.44. The highest BCUT2D eigenvalue weighted by molar-refractivity contribution is 4.88. The van der Waals surface area contributed by atoms with E-state index in [9.17, 15) is 0 Å². The summed E-state index contributed by atoms with van der Waals surface area (Å²) in [5, 5.41) is 0. The van der Waals surface area contributed by atoms with E-state index in [4.69, 9.17) is 0 Å². The van der Waals surface area contributed by atoms with Crippen molar-refractivity contribution >= 4 is 0 Å². The SMILES string of the molecule is C=CC=C.[O]. The van der Waals surface area contributed by atoms with Gasteiger partial charge < -0.3 is 0 Å². The van der Waals surface area contributed by atoms with Gasteiger partial charge >= 0.3 is 0 Å². The zero-order chi connectivity index (χ0) is 3.41. The number of allylic oxidation sites excluding steroid dienone is 2. The molecular formula is C4H6O. The van der Waals surface area contributed by atoms with E-state index in [0.29, 0.717) is 0 Å². The molecule has 0 aromatic heterocycles. The van der Waals surface area contributed by atoms with E-state index in [-0.39, 0.29) is 5.48 Å². The first-order valence-electron chi connectivity index (χ1n) is 1.15. The fourth-order valence-corrected chi connectivity index (χ4v) is 0. The molecule has 0 saturated heterocycles. The van der Waals surface area contributed by atoms with E-state index >= 15 is 0 Å². The summed E-state index contributed by atoms with van der Waals surface area (Å²) < 4.78 is 0. The predicted octanol–water partition coefficient (Wildman–Crippen LogP) is 1.24. The van der Waals surface area contributed by atoms with Crippen LogP contribution in [0.4, 0.5) is 0 Å². The molecule has 0 aliphatic heterocycles. The van der Waals surface area contributed by atoms with Gasteiger partial charge in [0.25, 0.3) is 0 Å². The van der Waals surface area contributed by atoms with Crippen molar-refractivity contribution in [2.75, 3.05) is 0 Å². The van der Waals surface area contributed by atoms with Crippen molar-refractivity contribution in [2.24, 2.45) is 0 Å². The summed E-state index contributed by atoms with van der Waals surface area (Å²) in [6.45, 7) is 6.72. The van der Waals surface area contributed by atoms with Crippen molar-refractivity contribution in [1.29, 1.82) is 0 Å². The molecule has 0 rings (SSSR count). The third-order valence-corrected chi connectivity index (χ3v) is 0.167. The Morgan fingerprint density at radius 2 is 1.20 bits per heavy atom. The Morgan fingerprint density at radius 3 is 1.20 bits per heavy atom. The highest BCUT2D eigenvalue weighted by atomic mass is 16.0. The molecule has 28 valence electrons. The van der Waals surface area contributed by atoms with Gasteiger partial charge in [0.15, 0.2) is 0 Å². The summed E-state index contributed by atoms with van der Waals surface area (Å²) in [6.07, 6.45) is 3.28. The third kappa shape index (κ3) is 36.8. The Balaban J connectivity index is 0. The molecule has 0 bridgehead atoms. The Morgan fingerprint density at radius 1 is 1.00 bits per heavy atom. The fraction of sp³-hybridized carbons (Fsp3) is 0. The molecule has 0 fully saturated rings. The minimum absolute atomic E-state index is 0. The van der Waals surface area contributed by atoms with E-state index in [1.165, 1.54) is 0 Å². The van der Waals surface area contributed by atoms with Crippen LogP contribution < -0.4 is 0 Å². The lowest BCUT2D eigenvalue weighted by molar-refractivity contribution is 0.686. The molecule has 0 aliphatic rings. The Hall–Kier alpha value is -0.560. The van der Waals surface area contributed by atoms with E-state index in [0.717, 1.165) is 0 Å². The largest absolute Gasteiger partial charge is 0.0991 e. The molecular weight excluding hydrogens is 64.0 g/mol. The Kier molecular flexibility index (Phi) is 17.4. The molecule has 0 amide bonds. The maximum atomic E-state index is 3.36. The average Bonchev–Trinajstić information content (AvgIpc) is 1.37. The van der Waals surface area contributed by atoms with Gasteiger partial charge in [-0.15, -0.1) is 0 Å². The molecule has 0 saturated carbocycles. The van der Waals surface area contributed by atoms with Gasteiger partial charge in [0.05, 0.1) is 0 Å². The lowest BCUT2D eigenvalue weighted by atomic mass is 10.6. The van der Waals surface area contributed by atoms with Crippen molar-refractivity contribution in [3.05, 3.63) is 25.3 Å². The number of hydrogen-bond acceptors (Lipinski definition) is 0. The van der Waals surface area contributed by atoms with Crippen molar-refractivity contribution in [3.8, 4) is 0 Å². The first kappa shape index (κ1) is 8.83. The summed E-state index contributed by atoms with van der Waals surface area (Å²) in [6, 6.07) is 0. The monoisotopic (exact) mass is 70.0 g/mol. The maximum Gasteiger partial charge on any atom is 0 e. The molecule has 1 nitrogen and oxygen atoms in total. The van der Waals surface area contributed by atoms with E-state index in [1.54, 1.807) is 12.2 Å². The highest BCUT2D eigenvalue weighted by Gasteiger charge is 1.29. The standard InChI is InChI=1S/C4H6.O/c1-3-4-2;/h3-4H,1-2H2;. The van der Waals surface area contributed by atoms with Gasteiger partial charge in [0.2, 0.25) is 0 Å². The van der Waals surface area contributed by atoms with Gasteiger partial charge in [-0.2, -0.15) is 0 Å². The van der Waals surface area contributed by atoms with Crippen molar-refractivity contribution in [2.45, 2.75) is 0 Å². The van der Waals surface area contributed by atoms with Crippen molar-refractivity contribution in [1.82, 2.24) is 0 Å². The molecule has 1 heteroatoms. The molecule has 0 unspecified atom stereocenters. The fourth-order valence-electron chi connectivity index (χ4n) is 0. The highest BCUT2D eigenvalue weighted by Crippen LogP contribution is 1.52. The van der Waals surface area contributed by atoms with Gasteiger partial charge in [0.1, 0.15) is 0 Å². The van der Waals surface area contributed by atoms with Crippen LogP contribution in [0.5, 0.6) is 0 Å². The molecule has 0 aromatic carbocycles. The first-order chi connectivity index (χ1) is 1.91. The Labute approximate surface area is 31.9 Å². The minimum Gasteiger partial charge on any atom is -0.0991 e. The van der Waals surface area contributed by atoms with Crippen LogP contribution in [-0.2, 0) is 5.48 Å². The third-order valence-electron chi connectivity index (χ3n) is 0.167. The second kappa shape index (κ2) is 9.88. The van der Waals surface area contributed by atoms with Gasteiger partial charge in [-0.05, 0) is 0 Å². The van der Waals surface area contributed by atoms with Crippen molar-refractivity contribution in [3.63, 3.8) is 0 Å². The first-order valence-corrected chi connectivity index (χ1v) is 1.15. The van der Waals surface area contributed by atoms with E-state index in [1.807, 2.05) is 0 Å². The second-order valence-electron chi connectivity index (χ2n) is 0.471. The van der Waals surface area contributed by atoms with Gasteiger partial charge in [-0.25, -0.2) is 0 Å². The van der Waals surface area contributed by atoms with Crippen LogP contribution in [0.15, 0.2) is 25.3 Å². The molecule has 0 spiro atoms. The van der Waals surface area contributed by atoms with E-state index < -0.39 is 0 Å². The van der Waals surface area contributed by atoms with Gasteiger partial charge in [-0.1, -0.05) is 25.3 Å². The lowest BCUT2D eigenvalue weighted by Crippen LogP contribution is -1.21. The molecule has 0 heterocycles. The van der Waals surface area contributed by atoms with Gasteiger partial charge in [-0.3, -0.25) is 0 Å². The summed E-state index contributed by atoms with van der Waals surface area (Å²) in [7, 11) is 0. The summed E-state index contributed by atoms with van der Waals surface area (Å²) >= 11 is 0. The average molecular weight is 70.1 g/mol. The molecule has 0 N–H and O–H groups in total. The van der Waals surface area contributed by atoms with Gasteiger partial charge in [0, 0.05) is 5.48 Å².